The number of rotatable bonds is 5. The van der Waals surface area contributed by atoms with Crippen molar-refractivity contribution in [1.29, 1.82) is 0 Å². The Morgan fingerprint density at radius 3 is 2.93 bits per heavy atom. The van der Waals surface area contributed by atoms with Gasteiger partial charge < -0.3 is 9.57 Å². The van der Waals surface area contributed by atoms with E-state index in [9.17, 15) is 0 Å². The van der Waals surface area contributed by atoms with Crippen LogP contribution in [0.2, 0.25) is 0 Å². The maximum Gasteiger partial charge on any atom is 0.128 e. The second-order valence-corrected chi connectivity index (χ2v) is 3.88. The van der Waals surface area contributed by atoms with E-state index < -0.39 is 0 Å². The molecule has 0 aliphatic carbocycles. The number of benzene rings is 1. The van der Waals surface area contributed by atoms with Gasteiger partial charge in [-0.1, -0.05) is 39.8 Å². The molecule has 0 spiro atoms. The topological polar surface area (TPSA) is 30.8 Å². The van der Waals surface area contributed by atoms with Crippen molar-refractivity contribution >= 4 is 22.1 Å². The summed E-state index contributed by atoms with van der Waals surface area (Å²) in [6, 6.07) is 7.57. The monoisotopic (exact) mass is 269 g/mol. The van der Waals surface area contributed by atoms with Crippen LogP contribution in [-0.2, 0) is 4.84 Å². The minimum absolute atomic E-state index is 0.428. The number of oxime groups is 1. The highest BCUT2D eigenvalue weighted by Gasteiger charge is 2.00. The zero-order valence-corrected chi connectivity index (χ0v) is 10.0. The molecule has 80 valence electrons. The second kappa shape index (κ2) is 6.24. The molecule has 0 amide bonds. The van der Waals surface area contributed by atoms with Crippen molar-refractivity contribution in [2.75, 3.05) is 13.7 Å². The Labute approximate surface area is 97.5 Å². The first kappa shape index (κ1) is 11.8. The molecular weight excluding hydrogens is 258 g/mol. The van der Waals surface area contributed by atoms with Crippen LogP contribution in [0.3, 0.4) is 0 Å². The molecule has 1 aromatic rings. The van der Waals surface area contributed by atoms with Gasteiger partial charge in [-0.3, -0.25) is 0 Å². The van der Waals surface area contributed by atoms with Crippen LogP contribution in [0.4, 0.5) is 0 Å². The van der Waals surface area contributed by atoms with Crippen LogP contribution >= 0.6 is 15.9 Å². The molecule has 0 N–H and O–H groups in total. The quantitative estimate of drug-likeness (QED) is 0.608. The molecule has 1 aromatic carbocycles. The van der Waals surface area contributed by atoms with Crippen LogP contribution in [-0.4, -0.2) is 19.9 Å². The molecule has 0 saturated carbocycles. The van der Waals surface area contributed by atoms with Crippen molar-refractivity contribution in [3.63, 3.8) is 0 Å². The van der Waals surface area contributed by atoms with E-state index >= 15 is 0 Å². The van der Waals surface area contributed by atoms with Gasteiger partial charge in [0, 0.05) is 10.0 Å². The average Bonchev–Trinajstić information content (AvgIpc) is 2.24. The van der Waals surface area contributed by atoms with Gasteiger partial charge in [0.1, 0.15) is 19.5 Å². The summed E-state index contributed by atoms with van der Waals surface area (Å²) in [5.74, 6) is 0.749. The highest BCUT2D eigenvalue weighted by atomic mass is 79.9. The number of para-hydroxylation sites is 1. The van der Waals surface area contributed by atoms with Gasteiger partial charge in [0.25, 0.3) is 0 Å². The summed E-state index contributed by atoms with van der Waals surface area (Å²) < 4.78 is 6.29. The molecule has 0 atom stereocenters. The van der Waals surface area contributed by atoms with Gasteiger partial charge in [-0.2, -0.15) is 0 Å². The summed E-state index contributed by atoms with van der Waals surface area (Å²) in [6.07, 6.45) is 1.60. The maximum atomic E-state index is 5.50. The number of halogens is 1. The van der Waals surface area contributed by atoms with E-state index in [1.807, 2.05) is 24.3 Å². The van der Waals surface area contributed by atoms with Crippen LogP contribution in [0.15, 0.2) is 40.5 Å². The lowest BCUT2D eigenvalue weighted by Crippen LogP contribution is -1.99. The van der Waals surface area contributed by atoms with Gasteiger partial charge in [-0.05, 0) is 12.1 Å². The molecular formula is C11H12BrNO2. The largest absolute Gasteiger partial charge is 0.488 e. The molecule has 4 heteroatoms. The van der Waals surface area contributed by atoms with Crippen molar-refractivity contribution in [3.8, 4) is 5.75 Å². The van der Waals surface area contributed by atoms with E-state index in [1.165, 1.54) is 7.11 Å². The zero-order valence-electron chi connectivity index (χ0n) is 8.44. The van der Waals surface area contributed by atoms with Gasteiger partial charge in [0.15, 0.2) is 0 Å². The highest BCUT2D eigenvalue weighted by Crippen LogP contribution is 2.17. The SMILES string of the molecule is C=C(Br)COc1ccccc1/C=N/OC. The summed E-state index contributed by atoms with van der Waals surface area (Å²) >= 11 is 3.23. The molecule has 1 rings (SSSR count). The molecule has 0 heterocycles. The Balaban J connectivity index is 2.76. The van der Waals surface area contributed by atoms with E-state index in [0.717, 1.165) is 15.8 Å². The molecule has 0 bridgehead atoms. The Morgan fingerprint density at radius 2 is 2.27 bits per heavy atom. The molecule has 0 unspecified atom stereocenters. The zero-order chi connectivity index (χ0) is 11.1. The van der Waals surface area contributed by atoms with E-state index in [-0.39, 0.29) is 0 Å². The first-order chi connectivity index (χ1) is 7.24. The Bertz CT molecular complexity index is 363. The van der Waals surface area contributed by atoms with Crippen molar-refractivity contribution < 1.29 is 9.57 Å². The molecule has 0 aliphatic rings. The molecule has 0 saturated heterocycles. The third-order valence-corrected chi connectivity index (χ3v) is 1.83. The van der Waals surface area contributed by atoms with Crippen molar-refractivity contribution in [1.82, 2.24) is 0 Å². The highest BCUT2D eigenvalue weighted by molar-refractivity contribution is 9.11. The van der Waals surface area contributed by atoms with E-state index in [2.05, 4.69) is 32.5 Å². The van der Waals surface area contributed by atoms with E-state index in [1.54, 1.807) is 6.21 Å². The summed E-state index contributed by atoms with van der Waals surface area (Å²) in [5, 5.41) is 3.69. The first-order valence-corrected chi connectivity index (χ1v) is 5.15. The Morgan fingerprint density at radius 1 is 1.53 bits per heavy atom. The number of ether oxygens (including phenoxy) is 1. The number of nitrogens with zero attached hydrogens (tertiary/aromatic N) is 1. The van der Waals surface area contributed by atoms with Gasteiger partial charge >= 0.3 is 0 Å². The molecule has 0 radical (unpaired) electrons. The second-order valence-electron chi connectivity index (χ2n) is 2.76. The third-order valence-electron chi connectivity index (χ3n) is 1.60. The minimum atomic E-state index is 0.428. The Kier molecular flexibility index (Phi) is 4.90. The van der Waals surface area contributed by atoms with E-state index in [0.29, 0.717) is 6.61 Å². The lowest BCUT2D eigenvalue weighted by molar-refractivity contribution is 0.215. The summed E-state index contributed by atoms with van der Waals surface area (Å²) in [6.45, 7) is 4.12. The van der Waals surface area contributed by atoms with Crippen LogP contribution < -0.4 is 4.74 Å². The lowest BCUT2D eigenvalue weighted by atomic mass is 10.2. The Hall–Kier alpha value is -1.29. The van der Waals surface area contributed by atoms with Crippen LogP contribution in [0.5, 0.6) is 5.75 Å². The van der Waals surface area contributed by atoms with Gasteiger partial charge in [0.2, 0.25) is 0 Å². The third kappa shape index (κ3) is 4.16. The van der Waals surface area contributed by atoms with Crippen LogP contribution in [0.1, 0.15) is 5.56 Å². The lowest BCUT2D eigenvalue weighted by Gasteiger charge is -2.07. The van der Waals surface area contributed by atoms with Gasteiger partial charge in [0.05, 0.1) is 6.21 Å². The van der Waals surface area contributed by atoms with Crippen molar-refractivity contribution in [2.45, 2.75) is 0 Å². The predicted molar refractivity (Wildman–Crippen MR) is 64.6 cm³/mol. The van der Waals surface area contributed by atoms with Crippen molar-refractivity contribution in [3.05, 3.63) is 40.9 Å². The first-order valence-electron chi connectivity index (χ1n) is 4.35. The van der Waals surface area contributed by atoms with Crippen LogP contribution in [0.25, 0.3) is 0 Å². The predicted octanol–water partition coefficient (Wildman–Crippen LogP) is 2.95. The van der Waals surface area contributed by atoms with Crippen LogP contribution in [0, 0.1) is 0 Å². The molecule has 0 aromatic heterocycles. The number of hydrogen-bond donors (Lipinski definition) is 0. The van der Waals surface area contributed by atoms with Gasteiger partial charge in [-0.25, -0.2) is 0 Å². The number of hydrogen-bond acceptors (Lipinski definition) is 3. The summed E-state index contributed by atoms with van der Waals surface area (Å²) in [7, 11) is 1.50. The van der Waals surface area contributed by atoms with E-state index in [4.69, 9.17) is 4.74 Å². The molecule has 3 nitrogen and oxygen atoms in total. The van der Waals surface area contributed by atoms with Gasteiger partial charge in [-0.15, -0.1) is 0 Å². The fourth-order valence-corrected chi connectivity index (χ4v) is 1.10. The normalized spacial score (nSPS) is 10.3. The average molecular weight is 270 g/mol. The smallest absolute Gasteiger partial charge is 0.128 e. The molecule has 0 aliphatic heterocycles. The molecule has 15 heavy (non-hydrogen) atoms. The standard InChI is InChI=1S/C11H12BrNO2/c1-9(12)8-15-11-6-4-3-5-10(11)7-13-14-2/h3-7H,1,8H2,2H3/b13-7+. The maximum absolute atomic E-state index is 5.50. The van der Waals surface area contributed by atoms with Crippen molar-refractivity contribution in [2.24, 2.45) is 5.16 Å². The fraction of sp³-hybridized carbons (Fsp3) is 0.182. The fourth-order valence-electron chi connectivity index (χ4n) is 0.984. The minimum Gasteiger partial charge on any atom is -0.488 e. The summed E-state index contributed by atoms with van der Waals surface area (Å²) in [4.78, 5) is 4.61. The summed E-state index contributed by atoms with van der Waals surface area (Å²) in [5.41, 5.74) is 0.869. The molecule has 0 fully saturated rings.